The van der Waals surface area contributed by atoms with Gasteiger partial charge in [-0.2, -0.15) is 0 Å². The Morgan fingerprint density at radius 3 is 2.75 bits per heavy atom. The monoisotopic (exact) mass is 227 g/mol. The fraction of sp³-hybridized carbons (Fsp3) is 0.222. The van der Waals surface area contributed by atoms with Crippen LogP contribution in [0, 0.1) is 0 Å². The van der Waals surface area contributed by atoms with Crippen molar-refractivity contribution < 1.29 is 4.84 Å². The van der Waals surface area contributed by atoms with Crippen LogP contribution < -0.4 is 0 Å². The van der Waals surface area contributed by atoms with E-state index in [-0.39, 0.29) is 0 Å². The Morgan fingerprint density at radius 2 is 2.17 bits per heavy atom. The van der Waals surface area contributed by atoms with Crippen molar-refractivity contribution >= 4 is 21.6 Å². The number of rotatable bonds is 1. The third-order valence-electron chi connectivity index (χ3n) is 1.70. The fourth-order valence-corrected chi connectivity index (χ4v) is 1.27. The highest BCUT2D eigenvalue weighted by molar-refractivity contribution is 9.11. The van der Waals surface area contributed by atoms with Crippen LogP contribution in [0.25, 0.3) is 0 Å². The van der Waals surface area contributed by atoms with E-state index in [1.54, 1.807) is 0 Å². The third kappa shape index (κ3) is 1.67. The van der Waals surface area contributed by atoms with Gasteiger partial charge in [0, 0.05) is 10.1 Å². The molecular formula is C9H10BrNO. The standard InChI is InChI=1S/C9H10BrNO/c1-6-7(2)9(11-12-3)5-4-8(6)10/h4-5H,2H2,1,3H3/b11-9-. The summed E-state index contributed by atoms with van der Waals surface area (Å²) >= 11 is 3.41. The van der Waals surface area contributed by atoms with Crippen LogP contribution in [0.2, 0.25) is 0 Å². The van der Waals surface area contributed by atoms with Gasteiger partial charge in [0.25, 0.3) is 0 Å². The van der Waals surface area contributed by atoms with Crippen LogP contribution in [0.3, 0.4) is 0 Å². The molecule has 0 fully saturated rings. The van der Waals surface area contributed by atoms with Crippen molar-refractivity contribution in [2.45, 2.75) is 6.92 Å². The number of hydrogen-bond acceptors (Lipinski definition) is 2. The average Bonchev–Trinajstić information content (AvgIpc) is 2.07. The van der Waals surface area contributed by atoms with Crippen LogP contribution >= 0.6 is 15.9 Å². The number of oxime groups is 1. The molecule has 0 spiro atoms. The van der Waals surface area contributed by atoms with Gasteiger partial charge >= 0.3 is 0 Å². The molecule has 64 valence electrons. The van der Waals surface area contributed by atoms with Gasteiger partial charge in [-0.15, -0.1) is 0 Å². The summed E-state index contributed by atoms with van der Waals surface area (Å²) in [4.78, 5) is 4.67. The number of hydrogen-bond donors (Lipinski definition) is 0. The number of halogens is 1. The van der Waals surface area contributed by atoms with Crippen molar-refractivity contribution in [3.63, 3.8) is 0 Å². The Labute approximate surface area is 80.4 Å². The van der Waals surface area contributed by atoms with Crippen LogP contribution in [0.4, 0.5) is 0 Å². The first kappa shape index (κ1) is 9.26. The van der Waals surface area contributed by atoms with Crippen molar-refractivity contribution in [2.24, 2.45) is 5.16 Å². The lowest BCUT2D eigenvalue weighted by Crippen LogP contribution is -2.04. The predicted molar refractivity (Wildman–Crippen MR) is 54.4 cm³/mol. The fourth-order valence-electron chi connectivity index (χ4n) is 0.898. The zero-order valence-electron chi connectivity index (χ0n) is 7.10. The minimum absolute atomic E-state index is 0.776. The van der Waals surface area contributed by atoms with Crippen molar-refractivity contribution in [1.29, 1.82) is 0 Å². The van der Waals surface area contributed by atoms with Gasteiger partial charge in [0.15, 0.2) is 0 Å². The van der Waals surface area contributed by atoms with Gasteiger partial charge < -0.3 is 4.84 Å². The molecule has 1 aliphatic rings. The molecule has 0 N–H and O–H groups in total. The SMILES string of the molecule is C=C1C(C)=C(Br)C=C/C1=N/OC. The second-order valence-electron chi connectivity index (χ2n) is 2.44. The Hall–Kier alpha value is -0.830. The molecule has 0 aromatic rings. The average molecular weight is 228 g/mol. The van der Waals surface area contributed by atoms with Gasteiger partial charge in [-0.1, -0.05) is 27.7 Å². The molecule has 1 rings (SSSR count). The van der Waals surface area contributed by atoms with Gasteiger partial charge in [-0.25, -0.2) is 0 Å². The van der Waals surface area contributed by atoms with Crippen LogP contribution in [0.5, 0.6) is 0 Å². The van der Waals surface area contributed by atoms with Crippen molar-refractivity contribution in [2.75, 3.05) is 7.11 Å². The smallest absolute Gasteiger partial charge is 0.109 e. The molecule has 2 nitrogen and oxygen atoms in total. The van der Waals surface area contributed by atoms with E-state index in [2.05, 4.69) is 32.5 Å². The summed E-state index contributed by atoms with van der Waals surface area (Å²) in [5.74, 6) is 0. The molecule has 0 aliphatic heterocycles. The zero-order valence-corrected chi connectivity index (χ0v) is 8.68. The Bertz CT molecular complexity index is 300. The normalized spacial score (nSPS) is 20.6. The van der Waals surface area contributed by atoms with E-state index in [4.69, 9.17) is 0 Å². The topological polar surface area (TPSA) is 21.6 Å². The molecule has 0 amide bonds. The summed E-state index contributed by atoms with van der Waals surface area (Å²) in [6, 6.07) is 0. The molecular weight excluding hydrogens is 218 g/mol. The lowest BCUT2D eigenvalue weighted by molar-refractivity contribution is 0.214. The second kappa shape index (κ2) is 3.72. The van der Waals surface area contributed by atoms with Crippen LogP contribution in [-0.2, 0) is 4.84 Å². The third-order valence-corrected chi connectivity index (χ3v) is 2.56. The summed E-state index contributed by atoms with van der Waals surface area (Å²) in [5.41, 5.74) is 2.76. The molecule has 12 heavy (non-hydrogen) atoms. The summed E-state index contributed by atoms with van der Waals surface area (Å²) in [5, 5.41) is 3.82. The maximum absolute atomic E-state index is 4.67. The summed E-state index contributed by atoms with van der Waals surface area (Å²) in [7, 11) is 1.52. The van der Waals surface area contributed by atoms with E-state index in [1.807, 2.05) is 19.1 Å². The van der Waals surface area contributed by atoms with Crippen LogP contribution in [-0.4, -0.2) is 12.8 Å². The zero-order chi connectivity index (χ0) is 9.14. The summed E-state index contributed by atoms with van der Waals surface area (Å²) < 4.78 is 1.04. The maximum atomic E-state index is 4.67. The minimum Gasteiger partial charge on any atom is -0.399 e. The Balaban J connectivity index is 3.01. The predicted octanol–water partition coefficient (Wildman–Crippen LogP) is 2.78. The van der Waals surface area contributed by atoms with E-state index in [1.165, 1.54) is 7.11 Å². The van der Waals surface area contributed by atoms with Crippen molar-refractivity contribution in [3.8, 4) is 0 Å². The first-order valence-electron chi connectivity index (χ1n) is 3.52. The minimum atomic E-state index is 0.776. The highest BCUT2D eigenvalue weighted by atomic mass is 79.9. The van der Waals surface area contributed by atoms with Crippen molar-refractivity contribution in [3.05, 3.63) is 34.4 Å². The van der Waals surface area contributed by atoms with Gasteiger partial charge in [0.1, 0.15) is 12.8 Å². The van der Waals surface area contributed by atoms with E-state index in [0.29, 0.717) is 0 Å². The molecule has 0 aromatic heterocycles. The Kier molecular flexibility index (Phi) is 2.87. The molecule has 1 aliphatic carbocycles. The Morgan fingerprint density at radius 1 is 1.50 bits per heavy atom. The molecule has 0 saturated heterocycles. The molecule has 0 aromatic carbocycles. The van der Waals surface area contributed by atoms with E-state index in [0.717, 1.165) is 21.3 Å². The number of allylic oxidation sites excluding steroid dienone is 5. The lowest BCUT2D eigenvalue weighted by Gasteiger charge is -2.11. The molecule has 0 radical (unpaired) electrons. The van der Waals surface area contributed by atoms with E-state index >= 15 is 0 Å². The number of nitrogens with zero attached hydrogens (tertiary/aromatic N) is 1. The molecule has 3 heteroatoms. The van der Waals surface area contributed by atoms with Gasteiger partial charge in [-0.05, 0) is 24.6 Å². The van der Waals surface area contributed by atoms with E-state index < -0.39 is 0 Å². The molecule has 0 atom stereocenters. The summed E-state index contributed by atoms with van der Waals surface area (Å²) in [6.07, 6.45) is 3.80. The van der Waals surface area contributed by atoms with Gasteiger partial charge in [0.05, 0.1) is 0 Å². The molecule has 0 bridgehead atoms. The lowest BCUT2D eigenvalue weighted by atomic mass is 10.00. The first-order chi connectivity index (χ1) is 5.66. The van der Waals surface area contributed by atoms with Crippen LogP contribution in [0.1, 0.15) is 6.92 Å². The van der Waals surface area contributed by atoms with Crippen molar-refractivity contribution in [1.82, 2.24) is 0 Å². The van der Waals surface area contributed by atoms with Crippen LogP contribution in [0.15, 0.2) is 39.5 Å². The summed E-state index contributed by atoms with van der Waals surface area (Å²) in [6.45, 7) is 5.88. The van der Waals surface area contributed by atoms with Gasteiger partial charge in [-0.3, -0.25) is 0 Å². The highest BCUT2D eigenvalue weighted by Gasteiger charge is 2.11. The quantitative estimate of drug-likeness (QED) is 0.632. The van der Waals surface area contributed by atoms with E-state index in [9.17, 15) is 0 Å². The molecule has 0 unspecified atom stereocenters. The largest absolute Gasteiger partial charge is 0.399 e. The first-order valence-corrected chi connectivity index (χ1v) is 4.31. The highest BCUT2D eigenvalue weighted by Crippen LogP contribution is 2.25. The molecule has 0 saturated carbocycles. The maximum Gasteiger partial charge on any atom is 0.109 e. The molecule has 0 heterocycles. The van der Waals surface area contributed by atoms with Gasteiger partial charge in [0.2, 0.25) is 0 Å². The second-order valence-corrected chi connectivity index (χ2v) is 3.30.